The van der Waals surface area contributed by atoms with Gasteiger partial charge in [0.15, 0.2) is 0 Å². The summed E-state index contributed by atoms with van der Waals surface area (Å²) >= 11 is 14.8. The number of hydrogen-bond donors (Lipinski definition) is 1. The summed E-state index contributed by atoms with van der Waals surface area (Å²) in [6, 6.07) is 9.99. The summed E-state index contributed by atoms with van der Waals surface area (Å²) in [7, 11) is -3.98. The molecule has 22 heavy (non-hydrogen) atoms. The van der Waals surface area contributed by atoms with Gasteiger partial charge in [0.05, 0.1) is 15.5 Å². The van der Waals surface area contributed by atoms with E-state index in [-0.39, 0.29) is 45.0 Å². The van der Waals surface area contributed by atoms with Crippen LogP contribution in [-0.2, 0) is 10.0 Å². The summed E-state index contributed by atoms with van der Waals surface area (Å²) in [6.07, 6.45) is 0. The van der Waals surface area contributed by atoms with Crippen molar-refractivity contribution in [1.82, 2.24) is 4.72 Å². The number of sulfonamides is 1. The van der Waals surface area contributed by atoms with Gasteiger partial charge in [0.25, 0.3) is 15.9 Å². The number of amides is 1. The van der Waals surface area contributed by atoms with Crippen LogP contribution in [0.1, 0.15) is 10.4 Å². The number of nitrogens with one attached hydrogen (secondary N) is 1. The summed E-state index contributed by atoms with van der Waals surface area (Å²) < 4.78 is 26.8. The number of benzene rings is 2. The maximum absolute atomic E-state index is 12.1. The van der Waals surface area contributed by atoms with E-state index in [2.05, 4.69) is 15.9 Å². The Kier molecular flexibility index (Phi) is 7.39. The van der Waals surface area contributed by atoms with Gasteiger partial charge < -0.3 is 0 Å². The summed E-state index contributed by atoms with van der Waals surface area (Å²) in [6.45, 7) is 0. The molecule has 0 atom stereocenters. The van der Waals surface area contributed by atoms with Crippen LogP contribution in [0.2, 0.25) is 10.0 Å². The number of rotatable bonds is 3. The Balaban J connectivity index is 0.00000242. The third kappa shape index (κ3) is 4.96. The SMILES string of the molecule is O=C(NS(=O)(=O)c1ccc(Cl)cc1)c1ccc(Br)cc1Cl.[NaH]. The molecule has 0 fully saturated rings. The molecule has 0 saturated carbocycles. The third-order valence-corrected chi connectivity index (χ3v) is 4.93. The van der Waals surface area contributed by atoms with E-state index in [0.717, 1.165) is 0 Å². The minimum absolute atomic E-state index is 0. The van der Waals surface area contributed by atoms with E-state index < -0.39 is 15.9 Å². The van der Waals surface area contributed by atoms with Gasteiger partial charge in [0, 0.05) is 9.50 Å². The van der Waals surface area contributed by atoms with Crippen molar-refractivity contribution in [3.63, 3.8) is 0 Å². The average molecular weight is 433 g/mol. The molecular weight excluding hydrogens is 424 g/mol. The van der Waals surface area contributed by atoms with Crippen LogP contribution in [0.4, 0.5) is 0 Å². The Morgan fingerprint density at radius 3 is 2.18 bits per heavy atom. The second-order valence-electron chi connectivity index (χ2n) is 4.01. The normalized spacial score (nSPS) is 10.7. The van der Waals surface area contributed by atoms with Gasteiger partial charge in [-0.15, -0.1) is 0 Å². The molecule has 1 amide bonds. The van der Waals surface area contributed by atoms with Gasteiger partial charge in [0.2, 0.25) is 0 Å². The van der Waals surface area contributed by atoms with Crippen molar-refractivity contribution in [2.24, 2.45) is 0 Å². The van der Waals surface area contributed by atoms with Crippen LogP contribution in [-0.4, -0.2) is 43.9 Å². The zero-order valence-electron chi connectivity index (χ0n) is 10.3. The third-order valence-electron chi connectivity index (χ3n) is 2.53. The predicted molar refractivity (Wildman–Crippen MR) is 92.4 cm³/mol. The van der Waals surface area contributed by atoms with Crippen molar-refractivity contribution >= 4 is 84.6 Å². The molecule has 4 nitrogen and oxygen atoms in total. The Bertz CT molecular complexity index is 797. The van der Waals surface area contributed by atoms with Gasteiger partial charge in [-0.1, -0.05) is 39.1 Å². The van der Waals surface area contributed by atoms with Crippen LogP contribution in [0, 0.1) is 0 Å². The molecule has 0 spiro atoms. The fraction of sp³-hybridized carbons (Fsp3) is 0. The molecule has 0 saturated heterocycles. The van der Waals surface area contributed by atoms with Crippen LogP contribution in [0.25, 0.3) is 0 Å². The average Bonchev–Trinajstić information content (AvgIpc) is 2.38. The van der Waals surface area contributed by atoms with Crippen LogP contribution < -0.4 is 4.72 Å². The van der Waals surface area contributed by atoms with Gasteiger partial charge in [-0.2, -0.15) is 0 Å². The van der Waals surface area contributed by atoms with Crippen molar-refractivity contribution in [1.29, 1.82) is 0 Å². The first-order valence-electron chi connectivity index (χ1n) is 5.57. The van der Waals surface area contributed by atoms with E-state index in [1.165, 1.54) is 36.4 Å². The first kappa shape index (κ1) is 20.0. The summed E-state index contributed by atoms with van der Waals surface area (Å²) in [5, 5.41) is 0.546. The molecule has 0 unspecified atom stereocenters. The van der Waals surface area contributed by atoms with E-state index >= 15 is 0 Å². The van der Waals surface area contributed by atoms with Crippen LogP contribution >= 0.6 is 39.1 Å². The Labute approximate surface area is 168 Å². The molecule has 0 aliphatic heterocycles. The van der Waals surface area contributed by atoms with Crippen molar-refractivity contribution in [2.45, 2.75) is 4.90 Å². The van der Waals surface area contributed by atoms with Crippen LogP contribution in [0.15, 0.2) is 51.8 Å². The summed E-state index contributed by atoms with van der Waals surface area (Å²) in [4.78, 5) is 12.0. The molecule has 2 rings (SSSR count). The molecule has 0 aliphatic carbocycles. The summed E-state index contributed by atoms with van der Waals surface area (Å²) in [5.74, 6) is -0.803. The molecule has 0 aliphatic rings. The second-order valence-corrected chi connectivity index (χ2v) is 7.45. The van der Waals surface area contributed by atoms with E-state index in [1.54, 1.807) is 6.07 Å². The molecule has 2 aromatic rings. The topological polar surface area (TPSA) is 63.2 Å². The molecule has 0 heterocycles. The van der Waals surface area contributed by atoms with Crippen LogP contribution in [0.5, 0.6) is 0 Å². The zero-order valence-corrected chi connectivity index (χ0v) is 14.2. The first-order valence-corrected chi connectivity index (χ1v) is 8.60. The Morgan fingerprint density at radius 1 is 1.05 bits per heavy atom. The summed E-state index contributed by atoms with van der Waals surface area (Å²) in [5.41, 5.74) is 0.0670. The van der Waals surface area contributed by atoms with Crippen LogP contribution in [0.3, 0.4) is 0 Å². The van der Waals surface area contributed by atoms with Gasteiger partial charge in [0.1, 0.15) is 0 Å². The molecular formula is C13H9BrCl2NNaO3S. The second kappa shape index (κ2) is 8.15. The van der Waals surface area contributed by atoms with Gasteiger partial charge in [-0.25, -0.2) is 13.1 Å². The molecule has 1 N–H and O–H groups in total. The van der Waals surface area contributed by atoms with E-state index in [1.807, 2.05) is 4.72 Å². The number of halogens is 3. The predicted octanol–water partition coefficient (Wildman–Crippen LogP) is 3.23. The van der Waals surface area contributed by atoms with E-state index in [0.29, 0.717) is 9.50 Å². The molecule has 9 heteroatoms. The first-order chi connectivity index (χ1) is 9.79. The molecule has 0 radical (unpaired) electrons. The van der Waals surface area contributed by atoms with Crippen molar-refractivity contribution in [3.05, 3.63) is 62.5 Å². The van der Waals surface area contributed by atoms with Gasteiger partial charge in [-0.05, 0) is 42.5 Å². The van der Waals surface area contributed by atoms with Crippen molar-refractivity contribution in [2.75, 3.05) is 0 Å². The minimum atomic E-state index is -3.98. The van der Waals surface area contributed by atoms with Gasteiger partial charge in [-0.3, -0.25) is 4.79 Å². The fourth-order valence-corrected chi connectivity index (χ4v) is 3.37. The Hall–Kier alpha value is -0.0800. The van der Waals surface area contributed by atoms with E-state index in [4.69, 9.17) is 23.2 Å². The quantitative estimate of drug-likeness (QED) is 0.757. The Morgan fingerprint density at radius 2 is 1.64 bits per heavy atom. The van der Waals surface area contributed by atoms with E-state index in [9.17, 15) is 13.2 Å². The standard InChI is InChI=1S/C13H8BrCl2NO3S.Na.H/c14-8-1-6-11(12(16)7-8)13(18)17-21(19,20)10-4-2-9(15)3-5-10;;/h1-7H,(H,17,18);;. The van der Waals surface area contributed by atoms with Crippen molar-refractivity contribution in [3.8, 4) is 0 Å². The number of carbonyl (C=O) groups excluding carboxylic acids is 1. The molecule has 0 aromatic heterocycles. The monoisotopic (exact) mass is 431 g/mol. The number of carbonyl (C=O) groups is 1. The van der Waals surface area contributed by atoms with Crippen molar-refractivity contribution < 1.29 is 13.2 Å². The maximum atomic E-state index is 12.1. The molecule has 2 aromatic carbocycles. The number of hydrogen-bond acceptors (Lipinski definition) is 3. The molecule has 112 valence electrons. The fourth-order valence-electron chi connectivity index (χ4n) is 1.52. The molecule has 0 bridgehead atoms. The van der Waals surface area contributed by atoms with Gasteiger partial charge >= 0.3 is 29.6 Å². The zero-order chi connectivity index (χ0) is 15.6.